The van der Waals surface area contributed by atoms with Crippen LogP contribution in [0.25, 0.3) is 11.4 Å². The van der Waals surface area contributed by atoms with Gasteiger partial charge in [-0.1, -0.05) is 30.1 Å². The molecule has 1 fully saturated rings. The Bertz CT molecular complexity index is 662. The highest BCUT2D eigenvalue weighted by Gasteiger charge is 2.39. The molecule has 2 N–H and O–H groups in total. The molecule has 0 saturated heterocycles. The van der Waals surface area contributed by atoms with Gasteiger partial charge in [-0.15, -0.1) is 0 Å². The van der Waals surface area contributed by atoms with Gasteiger partial charge in [0.05, 0.1) is 10.3 Å². The third-order valence-electron chi connectivity index (χ3n) is 4.15. The third kappa shape index (κ3) is 2.40. The van der Waals surface area contributed by atoms with Crippen LogP contribution in [0, 0.1) is 10.1 Å². The van der Waals surface area contributed by atoms with E-state index in [1.165, 1.54) is 12.1 Å². The van der Waals surface area contributed by atoms with Gasteiger partial charge in [0.25, 0.3) is 5.69 Å². The number of aromatic nitrogens is 2. The van der Waals surface area contributed by atoms with Crippen molar-refractivity contribution in [3.05, 3.63) is 40.3 Å². The summed E-state index contributed by atoms with van der Waals surface area (Å²) in [6.07, 6.45) is 4.09. The Morgan fingerprint density at radius 1 is 1.38 bits per heavy atom. The lowest BCUT2D eigenvalue weighted by molar-refractivity contribution is -0.384. The molecule has 7 heteroatoms. The normalized spacial score (nSPS) is 17.0. The van der Waals surface area contributed by atoms with Crippen LogP contribution in [0.2, 0.25) is 0 Å². The molecule has 7 nitrogen and oxygen atoms in total. The smallest absolute Gasteiger partial charge is 0.270 e. The molecule has 0 amide bonds. The Morgan fingerprint density at radius 2 is 2.14 bits per heavy atom. The molecule has 0 atom stereocenters. The summed E-state index contributed by atoms with van der Waals surface area (Å²) in [5.41, 5.74) is 6.25. The van der Waals surface area contributed by atoms with E-state index in [1.54, 1.807) is 12.1 Å². The van der Waals surface area contributed by atoms with E-state index in [-0.39, 0.29) is 11.1 Å². The van der Waals surface area contributed by atoms with E-state index in [9.17, 15) is 10.1 Å². The monoisotopic (exact) mass is 288 g/mol. The highest BCUT2D eigenvalue weighted by molar-refractivity contribution is 5.58. The van der Waals surface area contributed by atoms with Crippen molar-refractivity contribution >= 4 is 5.69 Å². The first-order valence-corrected chi connectivity index (χ1v) is 6.94. The van der Waals surface area contributed by atoms with Gasteiger partial charge < -0.3 is 10.3 Å². The van der Waals surface area contributed by atoms with E-state index in [0.717, 1.165) is 25.7 Å². The molecule has 0 spiro atoms. The van der Waals surface area contributed by atoms with Gasteiger partial charge in [-0.25, -0.2) is 0 Å². The van der Waals surface area contributed by atoms with Gasteiger partial charge in [0, 0.05) is 24.2 Å². The van der Waals surface area contributed by atoms with Crippen LogP contribution in [0.5, 0.6) is 0 Å². The lowest BCUT2D eigenvalue weighted by Gasteiger charge is -2.21. The van der Waals surface area contributed by atoms with Crippen molar-refractivity contribution in [2.45, 2.75) is 31.1 Å². The molecule has 21 heavy (non-hydrogen) atoms. The lowest BCUT2D eigenvalue weighted by Crippen LogP contribution is -2.32. The summed E-state index contributed by atoms with van der Waals surface area (Å²) in [4.78, 5) is 14.8. The minimum absolute atomic E-state index is 0.00764. The zero-order valence-corrected chi connectivity index (χ0v) is 11.5. The first-order chi connectivity index (χ1) is 10.1. The SMILES string of the molecule is NCC1(c2nc(-c3cccc([N+](=O)[O-])c3)no2)CCCC1. The molecule has 1 aromatic heterocycles. The highest BCUT2D eigenvalue weighted by atomic mass is 16.6. The first kappa shape index (κ1) is 13.7. The van der Waals surface area contributed by atoms with Crippen LogP contribution in [0.15, 0.2) is 28.8 Å². The van der Waals surface area contributed by atoms with E-state index in [4.69, 9.17) is 10.3 Å². The average molecular weight is 288 g/mol. The Labute approximate surface area is 121 Å². The third-order valence-corrected chi connectivity index (χ3v) is 4.15. The second-order valence-corrected chi connectivity index (χ2v) is 5.42. The maximum Gasteiger partial charge on any atom is 0.270 e. The van der Waals surface area contributed by atoms with Crippen molar-refractivity contribution in [1.82, 2.24) is 10.1 Å². The molecule has 0 radical (unpaired) electrons. The lowest BCUT2D eigenvalue weighted by atomic mass is 9.86. The average Bonchev–Trinajstić information content (AvgIpc) is 3.17. The molecule has 1 heterocycles. The first-order valence-electron chi connectivity index (χ1n) is 6.94. The van der Waals surface area contributed by atoms with Crippen LogP contribution in [0.4, 0.5) is 5.69 Å². The van der Waals surface area contributed by atoms with Gasteiger partial charge in [-0.3, -0.25) is 10.1 Å². The largest absolute Gasteiger partial charge is 0.338 e. The molecule has 1 aromatic carbocycles. The van der Waals surface area contributed by atoms with Gasteiger partial charge in [-0.05, 0) is 12.8 Å². The van der Waals surface area contributed by atoms with Crippen LogP contribution in [-0.4, -0.2) is 21.6 Å². The number of rotatable bonds is 4. The summed E-state index contributed by atoms with van der Waals surface area (Å²) in [6.45, 7) is 0.476. The van der Waals surface area contributed by atoms with Crippen molar-refractivity contribution in [1.29, 1.82) is 0 Å². The molecule has 1 aliphatic rings. The van der Waals surface area contributed by atoms with Crippen molar-refractivity contribution < 1.29 is 9.45 Å². The van der Waals surface area contributed by atoms with Gasteiger partial charge in [0.15, 0.2) is 0 Å². The molecular formula is C14H16N4O3. The molecule has 0 unspecified atom stereocenters. The Balaban J connectivity index is 1.95. The summed E-state index contributed by atoms with van der Waals surface area (Å²) >= 11 is 0. The number of hydrogen-bond donors (Lipinski definition) is 1. The molecule has 1 saturated carbocycles. The van der Waals surface area contributed by atoms with Crippen LogP contribution in [0.3, 0.4) is 0 Å². The van der Waals surface area contributed by atoms with Crippen molar-refractivity contribution in [2.24, 2.45) is 5.73 Å². The van der Waals surface area contributed by atoms with E-state index < -0.39 is 4.92 Å². The molecule has 0 aliphatic heterocycles. The van der Waals surface area contributed by atoms with Gasteiger partial charge in [0.1, 0.15) is 0 Å². The second-order valence-electron chi connectivity index (χ2n) is 5.42. The molecular weight excluding hydrogens is 272 g/mol. The minimum atomic E-state index is -0.442. The fourth-order valence-electron chi connectivity index (χ4n) is 2.87. The van der Waals surface area contributed by atoms with E-state index in [2.05, 4.69) is 10.1 Å². The number of non-ortho nitro benzene ring substituents is 1. The standard InChI is InChI=1S/C14H16N4O3/c15-9-14(6-1-2-7-14)13-16-12(17-21-13)10-4-3-5-11(8-10)18(19)20/h3-5,8H,1-2,6-7,9,15H2. The zero-order chi connectivity index (χ0) is 14.9. The number of nitrogens with two attached hydrogens (primary N) is 1. The Morgan fingerprint density at radius 3 is 2.81 bits per heavy atom. The topological polar surface area (TPSA) is 108 Å². The summed E-state index contributed by atoms with van der Waals surface area (Å²) in [7, 11) is 0. The van der Waals surface area contributed by atoms with Crippen LogP contribution in [-0.2, 0) is 5.41 Å². The molecule has 1 aliphatic carbocycles. The second kappa shape index (κ2) is 5.25. The minimum Gasteiger partial charge on any atom is -0.338 e. The number of nitro benzene ring substituents is 1. The maximum atomic E-state index is 10.8. The predicted octanol–water partition coefficient (Wildman–Crippen LogP) is 2.42. The maximum absolute atomic E-state index is 10.8. The number of benzene rings is 1. The summed E-state index contributed by atoms with van der Waals surface area (Å²) in [5.74, 6) is 0.914. The Kier molecular flexibility index (Phi) is 3.42. The predicted molar refractivity (Wildman–Crippen MR) is 75.6 cm³/mol. The Hall–Kier alpha value is -2.28. The van der Waals surface area contributed by atoms with Crippen LogP contribution >= 0.6 is 0 Å². The van der Waals surface area contributed by atoms with Gasteiger partial charge in [-0.2, -0.15) is 4.98 Å². The van der Waals surface area contributed by atoms with Gasteiger partial charge in [0.2, 0.25) is 11.7 Å². The quantitative estimate of drug-likeness (QED) is 0.683. The summed E-state index contributed by atoms with van der Waals surface area (Å²) in [6, 6.07) is 6.21. The fraction of sp³-hybridized carbons (Fsp3) is 0.429. The van der Waals surface area contributed by atoms with E-state index in [0.29, 0.717) is 23.8 Å². The fourth-order valence-corrected chi connectivity index (χ4v) is 2.87. The molecule has 3 rings (SSSR count). The summed E-state index contributed by atoms with van der Waals surface area (Å²) in [5, 5.41) is 14.8. The number of nitrogens with zero attached hydrogens (tertiary/aromatic N) is 3. The summed E-state index contributed by atoms with van der Waals surface area (Å²) < 4.78 is 5.39. The van der Waals surface area contributed by atoms with E-state index >= 15 is 0 Å². The number of nitro groups is 1. The highest BCUT2D eigenvalue weighted by Crippen LogP contribution is 2.40. The van der Waals surface area contributed by atoms with Crippen molar-refractivity contribution in [3.8, 4) is 11.4 Å². The molecule has 110 valence electrons. The van der Waals surface area contributed by atoms with Crippen molar-refractivity contribution in [2.75, 3.05) is 6.54 Å². The van der Waals surface area contributed by atoms with Crippen LogP contribution in [0.1, 0.15) is 31.6 Å². The zero-order valence-electron chi connectivity index (χ0n) is 11.5. The van der Waals surface area contributed by atoms with Crippen LogP contribution < -0.4 is 5.73 Å². The number of hydrogen-bond acceptors (Lipinski definition) is 6. The van der Waals surface area contributed by atoms with E-state index in [1.807, 2.05) is 0 Å². The van der Waals surface area contributed by atoms with Crippen molar-refractivity contribution in [3.63, 3.8) is 0 Å². The molecule has 2 aromatic rings. The van der Waals surface area contributed by atoms with Gasteiger partial charge >= 0.3 is 0 Å². The molecule has 0 bridgehead atoms.